The molecular formula is C13H21N5O3S. The lowest BCUT2D eigenvalue weighted by Gasteiger charge is -2.17. The van der Waals surface area contributed by atoms with Gasteiger partial charge in [-0.15, -0.1) is 18.3 Å². The van der Waals surface area contributed by atoms with Crippen molar-refractivity contribution in [3.63, 3.8) is 0 Å². The van der Waals surface area contributed by atoms with Crippen LogP contribution >= 0.6 is 0 Å². The molecule has 0 atom stereocenters. The van der Waals surface area contributed by atoms with E-state index in [4.69, 9.17) is 0 Å². The van der Waals surface area contributed by atoms with E-state index in [-0.39, 0.29) is 13.1 Å². The van der Waals surface area contributed by atoms with Gasteiger partial charge in [0.2, 0.25) is 0 Å². The standard InChI is InChI=1S/C13H21N5O3S/c1-5-9-17(10-6-2)22(20,21)12-14-11-18(15-12)13(19)16(7-3)8-4/h5-6,11H,1-2,7-10H2,3-4H3. The highest BCUT2D eigenvalue weighted by Crippen LogP contribution is 2.11. The summed E-state index contributed by atoms with van der Waals surface area (Å²) in [6.45, 7) is 11.9. The minimum absolute atomic E-state index is 0.104. The molecule has 1 aromatic heterocycles. The Morgan fingerprint density at radius 3 is 2.27 bits per heavy atom. The molecule has 22 heavy (non-hydrogen) atoms. The highest BCUT2D eigenvalue weighted by atomic mass is 32.2. The van der Waals surface area contributed by atoms with Crippen LogP contribution in [0.5, 0.6) is 0 Å². The molecule has 0 spiro atoms. The molecule has 0 aliphatic heterocycles. The summed E-state index contributed by atoms with van der Waals surface area (Å²) >= 11 is 0. The Kier molecular flexibility index (Phi) is 6.44. The maximum atomic E-state index is 12.4. The van der Waals surface area contributed by atoms with E-state index in [2.05, 4.69) is 23.2 Å². The van der Waals surface area contributed by atoms with Gasteiger partial charge in [-0.3, -0.25) is 0 Å². The monoisotopic (exact) mass is 327 g/mol. The van der Waals surface area contributed by atoms with Crippen LogP contribution < -0.4 is 0 Å². The number of aromatic nitrogens is 3. The molecule has 8 nitrogen and oxygen atoms in total. The van der Waals surface area contributed by atoms with E-state index >= 15 is 0 Å². The molecule has 0 aliphatic rings. The van der Waals surface area contributed by atoms with E-state index in [9.17, 15) is 13.2 Å². The molecule has 122 valence electrons. The van der Waals surface area contributed by atoms with E-state index < -0.39 is 21.2 Å². The summed E-state index contributed by atoms with van der Waals surface area (Å²) in [7, 11) is -3.90. The van der Waals surface area contributed by atoms with Crippen LogP contribution in [0.4, 0.5) is 4.79 Å². The predicted molar refractivity (Wildman–Crippen MR) is 82.9 cm³/mol. The van der Waals surface area contributed by atoms with Crippen LogP contribution in [-0.2, 0) is 10.0 Å². The molecule has 0 aliphatic carbocycles. The lowest BCUT2D eigenvalue weighted by Crippen LogP contribution is -2.35. The first-order chi connectivity index (χ1) is 10.4. The summed E-state index contributed by atoms with van der Waals surface area (Å²) in [5.74, 6) is 0. The SMILES string of the molecule is C=CCN(CC=C)S(=O)(=O)c1ncn(C(=O)N(CC)CC)n1. The van der Waals surface area contributed by atoms with Gasteiger partial charge >= 0.3 is 6.03 Å². The quantitative estimate of drug-likeness (QED) is 0.663. The van der Waals surface area contributed by atoms with Crippen LogP contribution in [0.3, 0.4) is 0 Å². The van der Waals surface area contributed by atoms with E-state index in [1.165, 1.54) is 17.1 Å². The molecule has 1 aromatic rings. The van der Waals surface area contributed by atoms with Gasteiger partial charge < -0.3 is 4.90 Å². The fourth-order valence-electron chi connectivity index (χ4n) is 1.77. The van der Waals surface area contributed by atoms with Crippen molar-refractivity contribution in [2.75, 3.05) is 26.2 Å². The number of hydrogen-bond acceptors (Lipinski definition) is 5. The smallest absolute Gasteiger partial charge is 0.323 e. The summed E-state index contributed by atoms with van der Waals surface area (Å²) in [6.07, 6.45) is 4.02. The van der Waals surface area contributed by atoms with Crippen molar-refractivity contribution in [1.29, 1.82) is 0 Å². The minimum atomic E-state index is -3.90. The van der Waals surface area contributed by atoms with Gasteiger partial charge in [0.25, 0.3) is 15.2 Å². The summed E-state index contributed by atoms with van der Waals surface area (Å²) in [5.41, 5.74) is 0. The molecule has 1 rings (SSSR count). The number of carbonyl (C=O) groups excluding carboxylic acids is 1. The van der Waals surface area contributed by atoms with E-state index in [0.29, 0.717) is 13.1 Å². The Balaban J connectivity index is 3.10. The van der Waals surface area contributed by atoms with Crippen molar-refractivity contribution >= 4 is 16.1 Å². The molecule has 1 amide bonds. The third kappa shape index (κ3) is 3.80. The largest absolute Gasteiger partial charge is 0.346 e. The lowest BCUT2D eigenvalue weighted by molar-refractivity contribution is 0.201. The Labute approximate surface area is 130 Å². The minimum Gasteiger partial charge on any atom is -0.323 e. The number of amides is 1. The zero-order chi connectivity index (χ0) is 16.8. The zero-order valence-electron chi connectivity index (χ0n) is 12.8. The Hall–Kier alpha value is -2.00. The molecule has 0 N–H and O–H groups in total. The van der Waals surface area contributed by atoms with Gasteiger partial charge in [-0.2, -0.15) is 8.99 Å². The van der Waals surface area contributed by atoms with Crippen molar-refractivity contribution in [3.8, 4) is 0 Å². The third-order valence-electron chi connectivity index (χ3n) is 2.94. The second kappa shape index (κ2) is 7.85. The van der Waals surface area contributed by atoms with Crippen molar-refractivity contribution in [2.24, 2.45) is 0 Å². The number of hydrogen-bond donors (Lipinski definition) is 0. The van der Waals surface area contributed by atoms with Crippen LogP contribution in [-0.4, -0.2) is 64.6 Å². The van der Waals surface area contributed by atoms with Gasteiger partial charge in [-0.05, 0) is 13.8 Å². The first-order valence-electron chi connectivity index (χ1n) is 6.85. The third-order valence-corrected chi connectivity index (χ3v) is 4.56. The highest BCUT2D eigenvalue weighted by molar-refractivity contribution is 7.89. The molecule has 0 unspecified atom stereocenters. The Morgan fingerprint density at radius 1 is 1.27 bits per heavy atom. The van der Waals surface area contributed by atoms with Crippen LogP contribution in [0.25, 0.3) is 0 Å². The van der Waals surface area contributed by atoms with Crippen LogP contribution in [0, 0.1) is 0 Å². The summed E-state index contributed by atoms with van der Waals surface area (Å²) in [6, 6.07) is -0.419. The molecule has 0 bridgehead atoms. The van der Waals surface area contributed by atoms with Crippen molar-refractivity contribution < 1.29 is 13.2 Å². The number of nitrogens with zero attached hydrogens (tertiary/aromatic N) is 5. The van der Waals surface area contributed by atoms with Crippen LogP contribution in [0.2, 0.25) is 0 Å². The van der Waals surface area contributed by atoms with Gasteiger partial charge in [-0.25, -0.2) is 18.2 Å². The Morgan fingerprint density at radius 2 is 1.82 bits per heavy atom. The Bertz CT molecular complexity index is 624. The summed E-state index contributed by atoms with van der Waals surface area (Å²) in [5, 5.41) is 3.38. The maximum Gasteiger partial charge on any atom is 0.346 e. The fraction of sp³-hybridized carbons (Fsp3) is 0.462. The molecule has 0 radical (unpaired) electrons. The van der Waals surface area contributed by atoms with Gasteiger partial charge in [0, 0.05) is 26.2 Å². The first kappa shape index (κ1) is 18.1. The fourth-order valence-corrected chi connectivity index (χ4v) is 2.98. The van der Waals surface area contributed by atoms with Crippen LogP contribution in [0.1, 0.15) is 13.8 Å². The topological polar surface area (TPSA) is 88.4 Å². The molecule has 0 saturated carbocycles. The van der Waals surface area contributed by atoms with Crippen molar-refractivity contribution in [1.82, 2.24) is 24.0 Å². The molecular weight excluding hydrogens is 306 g/mol. The van der Waals surface area contributed by atoms with Gasteiger partial charge in [0.05, 0.1) is 0 Å². The number of carbonyl (C=O) groups is 1. The average Bonchev–Trinajstić information content (AvgIpc) is 2.98. The molecule has 0 fully saturated rings. The number of rotatable bonds is 8. The normalized spacial score (nSPS) is 11.4. The van der Waals surface area contributed by atoms with E-state index in [1.54, 1.807) is 0 Å². The van der Waals surface area contributed by atoms with E-state index in [0.717, 1.165) is 15.3 Å². The van der Waals surface area contributed by atoms with Gasteiger partial charge in [0.1, 0.15) is 6.33 Å². The summed E-state index contributed by atoms with van der Waals surface area (Å²) < 4.78 is 26.9. The number of sulfonamides is 1. The highest BCUT2D eigenvalue weighted by Gasteiger charge is 2.28. The predicted octanol–water partition coefficient (Wildman–Crippen LogP) is 0.951. The van der Waals surface area contributed by atoms with Crippen molar-refractivity contribution in [3.05, 3.63) is 31.6 Å². The summed E-state index contributed by atoms with van der Waals surface area (Å²) in [4.78, 5) is 17.4. The molecule has 0 aromatic carbocycles. The van der Waals surface area contributed by atoms with E-state index in [1.807, 2.05) is 13.8 Å². The molecule has 1 heterocycles. The second-order valence-electron chi connectivity index (χ2n) is 4.33. The average molecular weight is 327 g/mol. The second-order valence-corrected chi connectivity index (χ2v) is 6.16. The first-order valence-corrected chi connectivity index (χ1v) is 8.29. The van der Waals surface area contributed by atoms with Crippen molar-refractivity contribution in [2.45, 2.75) is 19.0 Å². The zero-order valence-corrected chi connectivity index (χ0v) is 13.7. The van der Waals surface area contributed by atoms with Crippen LogP contribution in [0.15, 0.2) is 36.8 Å². The maximum absolute atomic E-state index is 12.4. The lowest BCUT2D eigenvalue weighted by atomic mass is 10.5. The van der Waals surface area contributed by atoms with Gasteiger partial charge in [0.15, 0.2) is 0 Å². The van der Waals surface area contributed by atoms with Gasteiger partial charge in [-0.1, -0.05) is 12.2 Å². The molecule has 0 saturated heterocycles. The molecule has 9 heteroatoms.